The standard InChI is InChI=1S/C21H18N6OS3/c1-11-6-7-12(2)15(9-11)27-21(24-25-26-27)31-13(3)18-22-19(28)17-14(10-30-20(17)23-18)16-5-4-8-29-16/h4-10,13H,1-3H3,(H,22,23,28). The van der Waals surface area contributed by atoms with Crippen molar-refractivity contribution in [2.45, 2.75) is 31.2 Å². The van der Waals surface area contributed by atoms with Gasteiger partial charge in [-0.2, -0.15) is 4.68 Å². The number of hydrogen-bond acceptors (Lipinski definition) is 8. The van der Waals surface area contributed by atoms with Gasteiger partial charge in [0.2, 0.25) is 5.16 Å². The summed E-state index contributed by atoms with van der Waals surface area (Å²) in [6.45, 7) is 6.06. The van der Waals surface area contributed by atoms with Crippen LogP contribution in [0.3, 0.4) is 0 Å². The van der Waals surface area contributed by atoms with Gasteiger partial charge in [-0.25, -0.2) is 4.98 Å². The molecule has 1 atom stereocenters. The van der Waals surface area contributed by atoms with E-state index in [-0.39, 0.29) is 10.8 Å². The molecule has 0 saturated carbocycles. The fourth-order valence-electron chi connectivity index (χ4n) is 3.34. The molecule has 1 unspecified atom stereocenters. The lowest BCUT2D eigenvalue weighted by Crippen LogP contribution is -2.12. The molecule has 10 heteroatoms. The van der Waals surface area contributed by atoms with E-state index >= 15 is 0 Å². The number of aromatic nitrogens is 6. The number of nitrogens with zero attached hydrogens (tertiary/aromatic N) is 5. The highest BCUT2D eigenvalue weighted by atomic mass is 32.2. The molecule has 0 radical (unpaired) electrons. The minimum Gasteiger partial charge on any atom is -0.309 e. The highest BCUT2D eigenvalue weighted by Crippen LogP contribution is 2.36. The first kappa shape index (κ1) is 20.1. The Hall–Kier alpha value is -2.82. The van der Waals surface area contributed by atoms with Crippen LogP contribution < -0.4 is 5.56 Å². The van der Waals surface area contributed by atoms with Gasteiger partial charge in [0, 0.05) is 15.8 Å². The van der Waals surface area contributed by atoms with Crippen molar-refractivity contribution in [2.75, 3.05) is 0 Å². The quantitative estimate of drug-likeness (QED) is 0.360. The summed E-state index contributed by atoms with van der Waals surface area (Å²) in [6, 6.07) is 10.2. The van der Waals surface area contributed by atoms with Crippen LogP contribution in [0.4, 0.5) is 0 Å². The third kappa shape index (κ3) is 3.71. The number of aryl methyl sites for hydroxylation is 2. The van der Waals surface area contributed by atoms with E-state index in [2.05, 4.69) is 38.7 Å². The Labute approximate surface area is 190 Å². The number of thioether (sulfide) groups is 1. The van der Waals surface area contributed by atoms with Crippen molar-refractivity contribution in [2.24, 2.45) is 0 Å². The Bertz CT molecular complexity index is 1430. The summed E-state index contributed by atoms with van der Waals surface area (Å²) in [5, 5.41) is 17.4. The Morgan fingerprint density at radius 2 is 2.06 bits per heavy atom. The first-order valence-electron chi connectivity index (χ1n) is 9.59. The molecule has 0 bridgehead atoms. The van der Waals surface area contributed by atoms with Crippen LogP contribution in [0.5, 0.6) is 0 Å². The average molecular weight is 467 g/mol. The summed E-state index contributed by atoms with van der Waals surface area (Å²) >= 11 is 4.57. The van der Waals surface area contributed by atoms with E-state index in [1.807, 2.05) is 43.7 Å². The first-order chi connectivity index (χ1) is 15.0. The van der Waals surface area contributed by atoms with Crippen molar-refractivity contribution in [3.05, 3.63) is 68.4 Å². The van der Waals surface area contributed by atoms with E-state index in [9.17, 15) is 4.79 Å². The van der Waals surface area contributed by atoms with Crippen molar-refractivity contribution in [3.63, 3.8) is 0 Å². The van der Waals surface area contributed by atoms with Gasteiger partial charge in [0.05, 0.1) is 16.3 Å². The molecule has 0 spiro atoms. The molecule has 0 saturated heterocycles. The lowest BCUT2D eigenvalue weighted by atomic mass is 10.1. The molecule has 31 heavy (non-hydrogen) atoms. The van der Waals surface area contributed by atoms with Gasteiger partial charge in [-0.3, -0.25) is 4.79 Å². The molecule has 0 aliphatic rings. The molecular weight excluding hydrogens is 448 g/mol. The molecule has 1 aromatic carbocycles. The third-order valence-corrected chi connectivity index (χ3v) is 7.77. The number of rotatable bonds is 5. The molecule has 4 heterocycles. The summed E-state index contributed by atoms with van der Waals surface area (Å²) < 4.78 is 1.74. The van der Waals surface area contributed by atoms with Crippen molar-refractivity contribution in [1.29, 1.82) is 0 Å². The molecule has 5 rings (SSSR count). The molecule has 0 fully saturated rings. The Morgan fingerprint density at radius 3 is 2.87 bits per heavy atom. The molecule has 1 N–H and O–H groups in total. The second kappa shape index (κ2) is 8.03. The number of thiophene rings is 2. The molecule has 0 aliphatic heterocycles. The number of fused-ring (bicyclic) bond motifs is 1. The average Bonchev–Trinajstić information content (AvgIpc) is 3.49. The molecule has 7 nitrogen and oxygen atoms in total. The van der Waals surface area contributed by atoms with Gasteiger partial charge in [0.1, 0.15) is 10.7 Å². The monoisotopic (exact) mass is 466 g/mol. The normalized spacial score (nSPS) is 12.5. The summed E-state index contributed by atoms with van der Waals surface area (Å²) in [6.07, 6.45) is 0. The number of H-pyrrole nitrogens is 1. The molecule has 5 aromatic rings. The zero-order valence-electron chi connectivity index (χ0n) is 17.0. The first-order valence-corrected chi connectivity index (χ1v) is 12.2. The fraction of sp³-hybridized carbons (Fsp3) is 0.190. The zero-order chi connectivity index (χ0) is 21.5. The van der Waals surface area contributed by atoms with Crippen LogP contribution in [-0.2, 0) is 0 Å². The number of tetrazole rings is 1. The maximum atomic E-state index is 12.9. The SMILES string of the molecule is Cc1ccc(C)c(-n2nnnc2SC(C)c2nc3scc(-c4cccs4)c3c(=O)[nH]2)c1. The van der Waals surface area contributed by atoms with Crippen molar-refractivity contribution >= 4 is 44.7 Å². The molecule has 4 aromatic heterocycles. The van der Waals surface area contributed by atoms with Crippen molar-refractivity contribution in [1.82, 2.24) is 30.2 Å². The van der Waals surface area contributed by atoms with Crippen LogP contribution in [0, 0.1) is 13.8 Å². The summed E-state index contributed by atoms with van der Waals surface area (Å²) in [5.74, 6) is 0.609. The summed E-state index contributed by atoms with van der Waals surface area (Å²) in [5.41, 5.74) is 3.98. The van der Waals surface area contributed by atoms with E-state index in [0.29, 0.717) is 16.4 Å². The maximum Gasteiger partial charge on any atom is 0.260 e. The van der Waals surface area contributed by atoms with Crippen LogP contribution in [0.25, 0.3) is 26.3 Å². The highest BCUT2D eigenvalue weighted by Gasteiger charge is 2.20. The second-order valence-electron chi connectivity index (χ2n) is 7.18. The predicted molar refractivity (Wildman–Crippen MR) is 126 cm³/mol. The van der Waals surface area contributed by atoms with E-state index in [4.69, 9.17) is 4.98 Å². The van der Waals surface area contributed by atoms with E-state index in [1.54, 1.807) is 16.0 Å². The fourth-order valence-corrected chi connectivity index (χ4v) is 5.96. The molecular formula is C21H18N6OS3. The molecule has 0 amide bonds. The number of aromatic amines is 1. The maximum absolute atomic E-state index is 12.9. The molecule has 0 aliphatic carbocycles. The smallest absolute Gasteiger partial charge is 0.260 e. The van der Waals surface area contributed by atoms with Crippen molar-refractivity contribution < 1.29 is 0 Å². The number of nitrogens with one attached hydrogen (secondary N) is 1. The van der Waals surface area contributed by atoms with Crippen LogP contribution in [0.1, 0.15) is 29.1 Å². The van der Waals surface area contributed by atoms with Gasteiger partial charge >= 0.3 is 0 Å². The van der Waals surface area contributed by atoms with Gasteiger partial charge in [-0.15, -0.1) is 27.8 Å². The Morgan fingerprint density at radius 1 is 1.19 bits per heavy atom. The Kier molecular flexibility index (Phi) is 5.20. The topological polar surface area (TPSA) is 89.3 Å². The number of benzene rings is 1. The zero-order valence-corrected chi connectivity index (χ0v) is 19.4. The van der Waals surface area contributed by atoms with Crippen LogP contribution in [0.2, 0.25) is 0 Å². The van der Waals surface area contributed by atoms with E-state index < -0.39 is 0 Å². The molecule has 156 valence electrons. The minimum atomic E-state index is -0.140. The van der Waals surface area contributed by atoms with Crippen LogP contribution in [-0.4, -0.2) is 30.2 Å². The van der Waals surface area contributed by atoms with Gasteiger partial charge < -0.3 is 4.98 Å². The largest absolute Gasteiger partial charge is 0.309 e. The highest BCUT2D eigenvalue weighted by molar-refractivity contribution is 7.99. The van der Waals surface area contributed by atoms with Gasteiger partial charge in [-0.05, 0) is 59.8 Å². The van der Waals surface area contributed by atoms with Gasteiger partial charge in [0.25, 0.3) is 5.56 Å². The van der Waals surface area contributed by atoms with Crippen LogP contribution >= 0.6 is 34.4 Å². The minimum absolute atomic E-state index is 0.119. The summed E-state index contributed by atoms with van der Waals surface area (Å²) in [7, 11) is 0. The number of hydrogen-bond donors (Lipinski definition) is 1. The third-order valence-electron chi connectivity index (χ3n) is 4.95. The summed E-state index contributed by atoms with van der Waals surface area (Å²) in [4.78, 5) is 22.5. The predicted octanol–water partition coefficient (Wildman–Crippen LogP) is 5.16. The van der Waals surface area contributed by atoms with Crippen LogP contribution in [0.15, 0.2) is 51.0 Å². The van der Waals surface area contributed by atoms with Gasteiger partial charge in [-0.1, -0.05) is 30.0 Å². The van der Waals surface area contributed by atoms with E-state index in [0.717, 1.165) is 32.1 Å². The van der Waals surface area contributed by atoms with Gasteiger partial charge in [0.15, 0.2) is 0 Å². The van der Waals surface area contributed by atoms with Crippen molar-refractivity contribution in [3.8, 4) is 16.1 Å². The Balaban J connectivity index is 1.48. The second-order valence-corrected chi connectivity index (χ2v) is 10.3. The van der Waals surface area contributed by atoms with E-state index in [1.165, 1.54) is 23.1 Å². The lowest BCUT2D eigenvalue weighted by Gasteiger charge is -2.12. The lowest BCUT2D eigenvalue weighted by molar-refractivity contribution is 0.749.